The van der Waals surface area contributed by atoms with Crippen LogP contribution in [0, 0.1) is 0 Å². The van der Waals surface area contributed by atoms with E-state index in [0.717, 1.165) is 44.3 Å². The van der Waals surface area contributed by atoms with Gasteiger partial charge in [-0.3, -0.25) is 0 Å². The lowest BCUT2D eigenvalue weighted by Crippen LogP contribution is -2.41. The van der Waals surface area contributed by atoms with E-state index in [1.54, 1.807) is 0 Å². The number of hydrogen-bond donors (Lipinski definition) is 0. The number of rotatable bonds is 4. The lowest BCUT2D eigenvalue weighted by Gasteiger charge is -2.32. The second kappa shape index (κ2) is 9.10. The van der Waals surface area contributed by atoms with E-state index in [-0.39, 0.29) is 0 Å². The summed E-state index contributed by atoms with van der Waals surface area (Å²) >= 11 is 0. The molecule has 214 valence electrons. The molecule has 0 bridgehead atoms. The van der Waals surface area contributed by atoms with Gasteiger partial charge in [-0.2, -0.15) is 0 Å². The van der Waals surface area contributed by atoms with Crippen LogP contribution in [0.25, 0.3) is 44.4 Å². The highest BCUT2D eigenvalue weighted by Gasteiger charge is 2.55. The molecule has 2 aliphatic rings. The summed E-state index contributed by atoms with van der Waals surface area (Å²) in [6, 6.07) is 24.4. The monoisotopic (exact) mass is 562 g/mol. The van der Waals surface area contributed by atoms with Gasteiger partial charge >= 0.3 is 14.2 Å². The third-order valence-corrected chi connectivity index (χ3v) is 9.62. The van der Waals surface area contributed by atoms with Gasteiger partial charge < -0.3 is 27.5 Å². The lowest BCUT2D eigenvalue weighted by atomic mass is 9.75. The molecular formula is C34H36B2O6. The molecule has 2 saturated heterocycles. The quantitative estimate of drug-likeness (QED) is 0.218. The summed E-state index contributed by atoms with van der Waals surface area (Å²) in [5.74, 6) is 0.726. The van der Waals surface area contributed by atoms with Crippen molar-refractivity contribution in [2.24, 2.45) is 0 Å². The van der Waals surface area contributed by atoms with Crippen molar-refractivity contribution in [3.8, 4) is 22.5 Å². The van der Waals surface area contributed by atoms with Crippen LogP contribution in [0.1, 0.15) is 55.4 Å². The Bertz CT molecular complexity index is 1770. The van der Waals surface area contributed by atoms with Gasteiger partial charge in [-0.05, 0) is 73.1 Å². The van der Waals surface area contributed by atoms with Crippen LogP contribution in [0.4, 0.5) is 0 Å². The molecule has 0 radical (unpaired) electrons. The van der Waals surface area contributed by atoms with Gasteiger partial charge in [-0.25, -0.2) is 0 Å². The van der Waals surface area contributed by atoms with Crippen LogP contribution in [0.15, 0.2) is 81.6 Å². The molecule has 8 heteroatoms. The topological polar surface area (TPSA) is 63.2 Å². The molecule has 0 unspecified atom stereocenters. The van der Waals surface area contributed by atoms with Crippen molar-refractivity contribution in [3.05, 3.63) is 72.8 Å². The highest BCUT2D eigenvalue weighted by Crippen LogP contribution is 2.42. The molecule has 0 atom stereocenters. The first-order valence-corrected chi connectivity index (χ1v) is 14.6. The summed E-state index contributed by atoms with van der Waals surface area (Å²) in [7, 11) is -1.28. The molecular weight excluding hydrogens is 526 g/mol. The molecule has 5 aromatic rings. The van der Waals surface area contributed by atoms with Crippen LogP contribution in [-0.4, -0.2) is 36.6 Å². The average molecular weight is 562 g/mol. The Morgan fingerprint density at radius 1 is 0.500 bits per heavy atom. The average Bonchev–Trinajstić information content (AvgIpc) is 3.60. The van der Waals surface area contributed by atoms with Crippen LogP contribution >= 0.6 is 0 Å². The maximum Gasteiger partial charge on any atom is 0.533 e. The predicted molar refractivity (Wildman–Crippen MR) is 168 cm³/mol. The molecule has 0 amide bonds. The van der Waals surface area contributed by atoms with Gasteiger partial charge in [0.1, 0.15) is 22.6 Å². The summed E-state index contributed by atoms with van der Waals surface area (Å²) in [5, 5.41) is 1.81. The zero-order valence-electron chi connectivity index (χ0n) is 25.5. The van der Waals surface area contributed by atoms with Crippen LogP contribution in [-0.2, 0) is 18.6 Å². The van der Waals surface area contributed by atoms with Crippen molar-refractivity contribution in [2.75, 3.05) is 0 Å². The maximum atomic E-state index is 6.67. The molecule has 3 aromatic carbocycles. The standard InChI is InChI=1S/C34H36B2O6/c1-31(2)32(3,4)40-35(39-31)28-24-20-25-23(19-26(24)37-29(28)22-17-13-10-14-18-22)27(21-15-11-9-12-16-21)30(38-25)36-41-33(5,6)34(7,8)42-36/h9-20H,1-8H3. The Labute approximate surface area is 247 Å². The zero-order chi connectivity index (χ0) is 29.7. The van der Waals surface area contributed by atoms with Crippen LogP contribution in [0.3, 0.4) is 0 Å². The fourth-order valence-electron chi connectivity index (χ4n) is 5.74. The second-order valence-corrected chi connectivity index (χ2v) is 13.4. The van der Waals surface area contributed by atoms with E-state index in [9.17, 15) is 0 Å². The minimum atomic E-state index is -0.661. The molecule has 0 saturated carbocycles. The highest BCUT2D eigenvalue weighted by molar-refractivity contribution is 6.67. The van der Waals surface area contributed by atoms with Gasteiger partial charge in [-0.15, -0.1) is 0 Å². The van der Waals surface area contributed by atoms with E-state index < -0.39 is 36.6 Å². The molecule has 0 aliphatic carbocycles. The lowest BCUT2D eigenvalue weighted by molar-refractivity contribution is 0.00578. The van der Waals surface area contributed by atoms with E-state index in [4.69, 9.17) is 27.5 Å². The Hall–Kier alpha value is -3.29. The molecule has 7 rings (SSSR count). The van der Waals surface area contributed by atoms with Gasteiger partial charge in [0.15, 0.2) is 0 Å². The highest BCUT2D eigenvalue weighted by atomic mass is 16.7. The molecule has 6 nitrogen and oxygen atoms in total. The Balaban J connectivity index is 1.47. The molecule has 0 spiro atoms. The Morgan fingerprint density at radius 2 is 0.952 bits per heavy atom. The summed E-state index contributed by atoms with van der Waals surface area (Å²) in [5.41, 5.74) is 3.81. The van der Waals surface area contributed by atoms with Crippen LogP contribution in [0.5, 0.6) is 0 Å². The van der Waals surface area contributed by atoms with Gasteiger partial charge in [-0.1, -0.05) is 60.7 Å². The second-order valence-electron chi connectivity index (χ2n) is 13.4. The number of benzene rings is 3. The predicted octanol–water partition coefficient (Wildman–Crippen LogP) is 7.11. The minimum Gasteiger partial charge on any atom is -0.464 e. The summed E-state index contributed by atoms with van der Waals surface area (Å²) in [4.78, 5) is 0. The van der Waals surface area contributed by atoms with Crippen molar-refractivity contribution in [3.63, 3.8) is 0 Å². The van der Waals surface area contributed by atoms with E-state index in [2.05, 4.69) is 45.9 Å². The minimum absolute atomic E-state index is 0.506. The first kappa shape index (κ1) is 27.5. The summed E-state index contributed by atoms with van der Waals surface area (Å²) in [6.07, 6.45) is 0. The number of hydrogen-bond acceptors (Lipinski definition) is 6. The van der Waals surface area contributed by atoms with E-state index >= 15 is 0 Å². The molecule has 2 aliphatic heterocycles. The van der Waals surface area contributed by atoms with Crippen molar-refractivity contribution >= 4 is 47.3 Å². The zero-order valence-corrected chi connectivity index (χ0v) is 25.5. The molecule has 4 heterocycles. The molecule has 2 fully saturated rings. The fourth-order valence-corrected chi connectivity index (χ4v) is 5.74. The Morgan fingerprint density at radius 3 is 1.50 bits per heavy atom. The summed E-state index contributed by atoms with van der Waals surface area (Å²) < 4.78 is 39.4. The number of furan rings is 2. The van der Waals surface area contributed by atoms with Gasteiger partial charge in [0, 0.05) is 27.4 Å². The molecule has 0 N–H and O–H groups in total. The number of fused-ring (bicyclic) bond motifs is 2. The molecule has 2 aromatic heterocycles. The fraction of sp³-hybridized carbons (Fsp3) is 0.353. The Kier molecular flexibility index (Phi) is 5.97. The first-order valence-electron chi connectivity index (χ1n) is 14.6. The maximum absolute atomic E-state index is 6.67. The van der Waals surface area contributed by atoms with Crippen molar-refractivity contribution in [1.29, 1.82) is 0 Å². The van der Waals surface area contributed by atoms with Crippen LogP contribution in [0.2, 0.25) is 0 Å². The third kappa shape index (κ3) is 4.11. The SMILES string of the molecule is CC1(C)OB(c2oc3cc4c(B5OC(C)(C)C(C)(C)O5)c(-c5ccccc5)oc4cc3c2-c2ccccc2)OC1(C)C. The first-order chi connectivity index (χ1) is 19.8. The third-order valence-electron chi connectivity index (χ3n) is 9.62. The van der Waals surface area contributed by atoms with Gasteiger partial charge in [0.05, 0.1) is 22.4 Å². The van der Waals surface area contributed by atoms with Gasteiger partial charge in [0.25, 0.3) is 0 Å². The van der Waals surface area contributed by atoms with Crippen molar-refractivity contribution < 1.29 is 27.5 Å². The molecule has 42 heavy (non-hydrogen) atoms. The van der Waals surface area contributed by atoms with Crippen molar-refractivity contribution in [2.45, 2.75) is 77.8 Å². The normalized spacial score (nSPS) is 20.7. The van der Waals surface area contributed by atoms with Crippen LogP contribution < -0.4 is 11.1 Å². The van der Waals surface area contributed by atoms with E-state index in [0.29, 0.717) is 11.2 Å². The smallest absolute Gasteiger partial charge is 0.464 e. The van der Waals surface area contributed by atoms with E-state index in [1.165, 1.54) is 0 Å². The summed E-state index contributed by atoms with van der Waals surface area (Å²) in [6.45, 7) is 16.4. The van der Waals surface area contributed by atoms with E-state index in [1.807, 2.05) is 82.3 Å². The van der Waals surface area contributed by atoms with Crippen molar-refractivity contribution in [1.82, 2.24) is 0 Å². The largest absolute Gasteiger partial charge is 0.533 e. The van der Waals surface area contributed by atoms with Gasteiger partial charge in [0.2, 0.25) is 0 Å².